The normalized spacial score (nSPS) is 19.0. The van der Waals surface area contributed by atoms with Crippen LogP contribution in [0.2, 0.25) is 0 Å². The van der Waals surface area contributed by atoms with Crippen LogP contribution < -0.4 is 14.8 Å². The molecule has 0 aromatic heterocycles. The minimum atomic E-state index is -1.05. The predicted molar refractivity (Wildman–Crippen MR) is 95.2 cm³/mol. The molecule has 0 saturated carbocycles. The summed E-state index contributed by atoms with van der Waals surface area (Å²) in [5, 5.41) is 13.9. The Bertz CT molecular complexity index is 774. The van der Waals surface area contributed by atoms with Crippen LogP contribution in [0.15, 0.2) is 42.5 Å². The summed E-state index contributed by atoms with van der Waals surface area (Å²) in [6.07, 6.45) is 2.47. The van der Waals surface area contributed by atoms with E-state index in [0.29, 0.717) is 23.5 Å². The van der Waals surface area contributed by atoms with Crippen molar-refractivity contribution in [2.45, 2.75) is 24.9 Å². The lowest BCUT2D eigenvalue weighted by Crippen LogP contribution is -2.43. The molecule has 0 spiro atoms. The van der Waals surface area contributed by atoms with Gasteiger partial charge in [0, 0.05) is 0 Å². The van der Waals surface area contributed by atoms with E-state index in [2.05, 4.69) is 5.32 Å². The maximum atomic E-state index is 12.6. The molecule has 1 amide bonds. The molecule has 0 aliphatic heterocycles. The Kier molecular flexibility index (Phi) is 4.95. The van der Waals surface area contributed by atoms with E-state index >= 15 is 0 Å². The third-order valence-corrected chi connectivity index (χ3v) is 4.74. The minimum absolute atomic E-state index is 0.156. The van der Waals surface area contributed by atoms with Crippen molar-refractivity contribution in [1.29, 1.82) is 0 Å². The van der Waals surface area contributed by atoms with Crippen molar-refractivity contribution in [1.82, 2.24) is 5.32 Å². The number of aliphatic hydroxyl groups is 1. The molecular formula is C20H23NO4. The van der Waals surface area contributed by atoms with Gasteiger partial charge in [0.15, 0.2) is 11.5 Å². The van der Waals surface area contributed by atoms with E-state index in [9.17, 15) is 9.90 Å². The number of rotatable bonds is 5. The van der Waals surface area contributed by atoms with Gasteiger partial charge in [0.25, 0.3) is 5.91 Å². The van der Waals surface area contributed by atoms with Crippen molar-refractivity contribution in [3.05, 3.63) is 59.2 Å². The van der Waals surface area contributed by atoms with Gasteiger partial charge in [-0.3, -0.25) is 4.79 Å². The van der Waals surface area contributed by atoms with E-state index in [0.717, 1.165) is 24.0 Å². The Morgan fingerprint density at radius 1 is 1.16 bits per heavy atom. The molecule has 0 fully saturated rings. The highest BCUT2D eigenvalue weighted by Gasteiger charge is 2.34. The molecule has 2 N–H and O–H groups in total. The lowest BCUT2D eigenvalue weighted by atomic mass is 9.79. The number of carbonyl (C=O) groups is 1. The Labute approximate surface area is 147 Å². The Balaban J connectivity index is 1.80. The molecule has 0 heterocycles. The molecule has 132 valence electrons. The number of ether oxygens (including phenoxy) is 2. The molecule has 5 heteroatoms. The number of hydrogen-bond donors (Lipinski definition) is 2. The number of fused-ring (bicyclic) bond motifs is 1. The number of hydrogen-bond acceptors (Lipinski definition) is 4. The van der Waals surface area contributed by atoms with Crippen LogP contribution in [0.5, 0.6) is 11.5 Å². The molecule has 2 aromatic carbocycles. The van der Waals surface area contributed by atoms with Gasteiger partial charge in [-0.15, -0.1) is 0 Å². The summed E-state index contributed by atoms with van der Waals surface area (Å²) in [4.78, 5) is 12.6. The molecule has 1 aliphatic rings. The van der Waals surface area contributed by atoms with E-state index in [4.69, 9.17) is 9.47 Å². The van der Waals surface area contributed by atoms with Gasteiger partial charge in [0.1, 0.15) is 5.60 Å². The van der Waals surface area contributed by atoms with Gasteiger partial charge < -0.3 is 19.9 Å². The van der Waals surface area contributed by atoms with E-state index in [1.165, 1.54) is 14.2 Å². The van der Waals surface area contributed by atoms with Crippen LogP contribution in [0.4, 0.5) is 0 Å². The zero-order chi connectivity index (χ0) is 17.9. The smallest absolute Gasteiger partial charge is 0.255 e. The van der Waals surface area contributed by atoms with E-state index in [-0.39, 0.29) is 12.5 Å². The fourth-order valence-corrected chi connectivity index (χ4v) is 3.47. The molecule has 5 nitrogen and oxygen atoms in total. The highest BCUT2D eigenvalue weighted by molar-refractivity contribution is 5.97. The maximum Gasteiger partial charge on any atom is 0.255 e. The summed E-state index contributed by atoms with van der Waals surface area (Å²) in [7, 11) is 3.03. The average Bonchev–Trinajstić information content (AvgIpc) is 2.66. The molecule has 1 unspecified atom stereocenters. The summed E-state index contributed by atoms with van der Waals surface area (Å²) >= 11 is 0. The van der Waals surface area contributed by atoms with Gasteiger partial charge in [-0.05, 0) is 42.5 Å². The molecule has 0 radical (unpaired) electrons. The summed E-state index contributed by atoms with van der Waals surface area (Å²) in [5.41, 5.74) is 1.38. The van der Waals surface area contributed by atoms with Crippen LogP contribution in [-0.2, 0) is 12.0 Å². The van der Waals surface area contributed by atoms with E-state index < -0.39 is 5.60 Å². The number of carbonyl (C=O) groups excluding carboxylic acids is 1. The Morgan fingerprint density at radius 3 is 2.72 bits per heavy atom. The van der Waals surface area contributed by atoms with Crippen LogP contribution in [0.1, 0.15) is 34.3 Å². The zero-order valence-electron chi connectivity index (χ0n) is 14.5. The second-order valence-corrected chi connectivity index (χ2v) is 6.27. The first-order valence-electron chi connectivity index (χ1n) is 8.39. The molecule has 0 saturated heterocycles. The predicted octanol–water partition coefficient (Wildman–Crippen LogP) is 2.66. The lowest BCUT2D eigenvalue weighted by Gasteiger charge is -2.34. The Hall–Kier alpha value is -2.53. The number of para-hydroxylation sites is 1. The van der Waals surface area contributed by atoms with E-state index in [1.807, 2.05) is 24.3 Å². The van der Waals surface area contributed by atoms with Crippen LogP contribution in [0, 0.1) is 0 Å². The zero-order valence-corrected chi connectivity index (χ0v) is 14.5. The van der Waals surface area contributed by atoms with Gasteiger partial charge in [-0.1, -0.05) is 30.3 Å². The number of nitrogens with one attached hydrogen (secondary N) is 1. The van der Waals surface area contributed by atoms with Crippen molar-refractivity contribution < 1.29 is 19.4 Å². The molecule has 1 atom stereocenters. The second-order valence-electron chi connectivity index (χ2n) is 6.27. The molecule has 0 bridgehead atoms. The van der Waals surface area contributed by atoms with Crippen molar-refractivity contribution >= 4 is 5.91 Å². The number of aryl methyl sites for hydroxylation is 1. The number of methoxy groups -OCH3 is 2. The van der Waals surface area contributed by atoms with Crippen LogP contribution in [0.25, 0.3) is 0 Å². The van der Waals surface area contributed by atoms with E-state index in [1.54, 1.807) is 18.2 Å². The monoisotopic (exact) mass is 341 g/mol. The first kappa shape index (κ1) is 17.3. The Morgan fingerprint density at radius 2 is 1.96 bits per heavy atom. The van der Waals surface area contributed by atoms with Crippen molar-refractivity contribution in [3.63, 3.8) is 0 Å². The molecule has 3 rings (SSSR count). The average molecular weight is 341 g/mol. The molecule has 1 aliphatic carbocycles. The van der Waals surface area contributed by atoms with Gasteiger partial charge >= 0.3 is 0 Å². The molecular weight excluding hydrogens is 318 g/mol. The minimum Gasteiger partial charge on any atom is -0.493 e. The van der Waals surface area contributed by atoms with Crippen LogP contribution in [-0.4, -0.2) is 31.8 Å². The SMILES string of the molecule is COc1cccc(C(=O)NCC2(O)CCCc3ccccc32)c1OC. The van der Waals surface area contributed by atoms with Crippen molar-refractivity contribution in [2.24, 2.45) is 0 Å². The molecule has 25 heavy (non-hydrogen) atoms. The fraction of sp³-hybridized carbons (Fsp3) is 0.350. The quantitative estimate of drug-likeness (QED) is 0.877. The highest BCUT2D eigenvalue weighted by atomic mass is 16.5. The maximum absolute atomic E-state index is 12.6. The standard InChI is InChI=1S/C20H23NO4/c1-24-17-11-5-9-15(18(17)25-2)19(22)21-13-20(23)12-6-8-14-7-3-4-10-16(14)20/h3-5,7,9-11,23H,6,8,12-13H2,1-2H3,(H,21,22). The van der Waals surface area contributed by atoms with Crippen molar-refractivity contribution in [3.8, 4) is 11.5 Å². The second kappa shape index (κ2) is 7.15. The first-order chi connectivity index (χ1) is 12.1. The highest BCUT2D eigenvalue weighted by Crippen LogP contribution is 2.35. The van der Waals surface area contributed by atoms with Gasteiger partial charge in [0.2, 0.25) is 0 Å². The summed E-state index contributed by atoms with van der Waals surface area (Å²) in [6.45, 7) is 0.156. The summed E-state index contributed by atoms with van der Waals surface area (Å²) in [6, 6.07) is 13.0. The summed E-state index contributed by atoms with van der Waals surface area (Å²) < 4.78 is 10.5. The fourth-order valence-electron chi connectivity index (χ4n) is 3.47. The first-order valence-corrected chi connectivity index (χ1v) is 8.39. The number of benzene rings is 2. The lowest BCUT2D eigenvalue weighted by molar-refractivity contribution is 0.0189. The van der Waals surface area contributed by atoms with Crippen molar-refractivity contribution in [2.75, 3.05) is 20.8 Å². The van der Waals surface area contributed by atoms with Gasteiger partial charge in [-0.25, -0.2) is 0 Å². The summed E-state index contributed by atoms with van der Waals surface area (Å²) in [5.74, 6) is 0.586. The van der Waals surface area contributed by atoms with Crippen LogP contribution >= 0.6 is 0 Å². The van der Waals surface area contributed by atoms with Gasteiger partial charge in [0.05, 0.1) is 26.3 Å². The largest absolute Gasteiger partial charge is 0.493 e. The molecule has 2 aromatic rings. The third-order valence-electron chi connectivity index (χ3n) is 4.74. The third kappa shape index (κ3) is 3.33. The topological polar surface area (TPSA) is 67.8 Å². The number of amides is 1. The van der Waals surface area contributed by atoms with Crippen LogP contribution in [0.3, 0.4) is 0 Å². The van der Waals surface area contributed by atoms with Gasteiger partial charge in [-0.2, -0.15) is 0 Å².